The maximum atomic E-state index is 13.7. The van der Waals surface area contributed by atoms with Gasteiger partial charge in [-0.1, -0.05) is 25.1 Å². The van der Waals surface area contributed by atoms with Crippen LogP contribution in [0.25, 0.3) is 0 Å². The zero-order valence-electron chi connectivity index (χ0n) is 11.9. The zero-order chi connectivity index (χ0) is 14.5. The molecule has 0 spiro atoms. The van der Waals surface area contributed by atoms with Gasteiger partial charge in [-0.15, -0.1) is 0 Å². The number of rotatable bonds is 6. The summed E-state index contributed by atoms with van der Waals surface area (Å²) in [4.78, 5) is 2.13. The Labute approximate surface area is 119 Å². The first-order valence-electron chi connectivity index (χ1n) is 6.79. The molecule has 1 heterocycles. The molecule has 0 bridgehead atoms. The summed E-state index contributed by atoms with van der Waals surface area (Å²) in [7, 11) is 2.01. The van der Waals surface area contributed by atoms with E-state index in [0.29, 0.717) is 5.56 Å². The van der Waals surface area contributed by atoms with E-state index in [0.717, 1.165) is 18.8 Å². The van der Waals surface area contributed by atoms with Gasteiger partial charge < -0.3 is 10.2 Å². The molecule has 2 atom stereocenters. The molecule has 2 unspecified atom stereocenters. The Bertz CT molecular complexity index is 527. The summed E-state index contributed by atoms with van der Waals surface area (Å²) in [5.74, 6) is 0.826. The molecule has 0 amide bonds. The van der Waals surface area contributed by atoms with E-state index in [9.17, 15) is 4.39 Å². The van der Waals surface area contributed by atoms with Crippen LogP contribution in [0.1, 0.15) is 24.3 Å². The highest BCUT2D eigenvalue weighted by atomic mass is 19.1. The molecule has 3 nitrogen and oxygen atoms in total. The van der Waals surface area contributed by atoms with Crippen LogP contribution < -0.4 is 5.73 Å². The van der Waals surface area contributed by atoms with E-state index >= 15 is 0 Å². The van der Waals surface area contributed by atoms with Crippen LogP contribution in [-0.4, -0.2) is 18.5 Å². The van der Waals surface area contributed by atoms with Crippen molar-refractivity contribution in [1.82, 2.24) is 4.90 Å². The first-order chi connectivity index (χ1) is 9.58. The van der Waals surface area contributed by atoms with E-state index in [1.807, 2.05) is 32.2 Å². The molecule has 4 heteroatoms. The van der Waals surface area contributed by atoms with Gasteiger partial charge in [0.2, 0.25) is 0 Å². The Hall–Kier alpha value is -1.65. The van der Waals surface area contributed by atoms with E-state index in [-0.39, 0.29) is 17.8 Å². The third-order valence-electron chi connectivity index (χ3n) is 3.48. The first kappa shape index (κ1) is 14.8. The lowest BCUT2D eigenvalue weighted by atomic mass is 9.94. The van der Waals surface area contributed by atoms with Gasteiger partial charge in [-0.2, -0.15) is 0 Å². The van der Waals surface area contributed by atoms with Gasteiger partial charge in [0.25, 0.3) is 0 Å². The molecule has 0 radical (unpaired) electrons. The minimum Gasteiger partial charge on any atom is -0.468 e. The van der Waals surface area contributed by atoms with Crippen molar-refractivity contribution >= 4 is 0 Å². The molecule has 0 saturated heterocycles. The summed E-state index contributed by atoms with van der Waals surface area (Å²) in [5, 5.41) is 0. The SMILES string of the molecule is CC(CN(C)Cc1ccco1)C(N)c1ccccc1F. The monoisotopic (exact) mass is 276 g/mol. The number of furan rings is 1. The third kappa shape index (κ3) is 3.68. The molecule has 0 aliphatic rings. The molecule has 0 saturated carbocycles. The van der Waals surface area contributed by atoms with Crippen LogP contribution in [0.2, 0.25) is 0 Å². The molecule has 0 aliphatic heterocycles. The van der Waals surface area contributed by atoms with Crippen LogP contribution in [0.15, 0.2) is 47.1 Å². The Balaban J connectivity index is 1.94. The molecule has 0 fully saturated rings. The molecule has 2 rings (SSSR count). The lowest BCUT2D eigenvalue weighted by Gasteiger charge is -2.25. The fourth-order valence-corrected chi connectivity index (χ4v) is 2.39. The van der Waals surface area contributed by atoms with Crippen molar-refractivity contribution in [3.05, 3.63) is 59.8 Å². The van der Waals surface area contributed by atoms with E-state index in [1.165, 1.54) is 6.07 Å². The lowest BCUT2D eigenvalue weighted by Crippen LogP contribution is -2.31. The Morgan fingerprint density at radius 3 is 2.65 bits per heavy atom. The van der Waals surface area contributed by atoms with Gasteiger partial charge in [0.15, 0.2) is 0 Å². The average molecular weight is 276 g/mol. The maximum Gasteiger partial charge on any atom is 0.127 e. The molecule has 108 valence electrons. The summed E-state index contributed by atoms with van der Waals surface area (Å²) < 4.78 is 19.1. The quantitative estimate of drug-likeness (QED) is 0.881. The van der Waals surface area contributed by atoms with Crippen molar-refractivity contribution in [2.45, 2.75) is 19.5 Å². The minimum atomic E-state index is -0.310. The number of nitrogens with two attached hydrogens (primary N) is 1. The highest BCUT2D eigenvalue weighted by molar-refractivity contribution is 5.21. The van der Waals surface area contributed by atoms with E-state index in [1.54, 1.807) is 18.4 Å². The minimum absolute atomic E-state index is 0.145. The Morgan fingerprint density at radius 2 is 2.00 bits per heavy atom. The van der Waals surface area contributed by atoms with Gasteiger partial charge in [-0.25, -0.2) is 4.39 Å². The van der Waals surface area contributed by atoms with Crippen LogP contribution in [-0.2, 0) is 6.54 Å². The highest BCUT2D eigenvalue weighted by Gasteiger charge is 2.19. The second-order valence-corrected chi connectivity index (χ2v) is 5.30. The number of hydrogen-bond donors (Lipinski definition) is 1. The van der Waals surface area contributed by atoms with Crippen molar-refractivity contribution in [3.63, 3.8) is 0 Å². The second-order valence-electron chi connectivity index (χ2n) is 5.30. The summed E-state index contributed by atoms with van der Waals surface area (Å²) >= 11 is 0. The van der Waals surface area contributed by atoms with Crippen LogP contribution in [0.5, 0.6) is 0 Å². The largest absolute Gasteiger partial charge is 0.468 e. The van der Waals surface area contributed by atoms with Gasteiger partial charge in [-0.3, -0.25) is 4.90 Å². The predicted molar refractivity (Wildman–Crippen MR) is 77.5 cm³/mol. The van der Waals surface area contributed by atoms with Crippen LogP contribution in [0.3, 0.4) is 0 Å². The smallest absolute Gasteiger partial charge is 0.127 e. The Morgan fingerprint density at radius 1 is 1.25 bits per heavy atom. The number of benzene rings is 1. The fraction of sp³-hybridized carbons (Fsp3) is 0.375. The summed E-state index contributed by atoms with van der Waals surface area (Å²) in [5.41, 5.74) is 6.75. The number of hydrogen-bond acceptors (Lipinski definition) is 3. The molecule has 20 heavy (non-hydrogen) atoms. The van der Waals surface area contributed by atoms with Crippen LogP contribution in [0.4, 0.5) is 4.39 Å². The van der Waals surface area contributed by atoms with Gasteiger partial charge in [0, 0.05) is 18.2 Å². The van der Waals surface area contributed by atoms with Crippen molar-refractivity contribution < 1.29 is 8.81 Å². The number of halogens is 1. The third-order valence-corrected chi connectivity index (χ3v) is 3.48. The van der Waals surface area contributed by atoms with Crippen molar-refractivity contribution in [2.75, 3.05) is 13.6 Å². The molecule has 2 N–H and O–H groups in total. The van der Waals surface area contributed by atoms with Gasteiger partial charge in [-0.05, 0) is 31.2 Å². The molecular formula is C16H21FN2O. The average Bonchev–Trinajstić information content (AvgIpc) is 2.91. The highest BCUT2D eigenvalue weighted by Crippen LogP contribution is 2.22. The number of nitrogens with zero attached hydrogens (tertiary/aromatic N) is 1. The normalized spacial score (nSPS) is 14.4. The predicted octanol–water partition coefficient (Wildman–Crippen LogP) is 3.19. The first-order valence-corrected chi connectivity index (χ1v) is 6.79. The van der Waals surface area contributed by atoms with Crippen LogP contribution >= 0.6 is 0 Å². The van der Waals surface area contributed by atoms with Gasteiger partial charge in [0.1, 0.15) is 11.6 Å². The topological polar surface area (TPSA) is 42.4 Å². The summed E-state index contributed by atoms with van der Waals surface area (Å²) in [6, 6.07) is 10.2. The molecule has 1 aromatic heterocycles. The summed E-state index contributed by atoms with van der Waals surface area (Å²) in [6.07, 6.45) is 1.66. The zero-order valence-corrected chi connectivity index (χ0v) is 11.9. The van der Waals surface area contributed by atoms with Crippen molar-refractivity contribution in [3.8, 4) is 0 Å². The van der Waals surface area contributed by atoms with E-state index < -0.39 is 0 Å². The van der Waals surface area contributed by atoms with Crippen molar-refractivity contribution in [2.24, 2.45) is 11.7 Å². The summed E-state index contributed by atoms with van der Waals surface area (Å²) in [6.45, 7) is 3.53. The second kappa shape index (κ2) is 6.68. The van der Waals surface area contributed by atoms with Crippen molar-refractivity contribution in [1.29, 1.82) is 0 Å². The Kier molecular flexibility index (Phi) is 4.93. The fourth-order valence-electron chi connectivity index (χ4n) is 2.39. The van der Waals surface area contributed by atoms with Gasteiger partial charge >= 0.3 is 0 Å². The molecule has 1 aromatic carbocycles. The molecule has 2 aromatic rings. The molecular weight excluding hydrogens is 255 g/mol. The maximum absolute atomic E-state index is 13.7. The van der Waals surface area contributed by atoms with Crippen LogP contribution in [0, 0.1) is 11.7 Å². The molecule has 0 aliphatic carbocycles. The van der Waals surface area contributed by atoms with E-state index in [4.69, 9.17) is 10.2 Å². The lowest BCUT2D eigenvalue weighted by molar-refractivity contribution is 0.239. The van der Waals surface area contributed by atoms with E-state index in [2.05, 4.69) is 4.90 Å². The standard InChI is InChI=1S/C16H21FN2O/c1-12(10-19(2)11-13-6-5-9-20-13)16(18)14-7-3-4-8-15(14)17/h3-9,12,16H,10-11,18H2,1-2H3. The van der Waals surface area contributed by atoms with Gasteiger partial charge in [0.05, 0.1) is 12.8 Å².